The van der Waals surface area contributed by atoms with Crippen LogP contribution in [-0.4, -0.2) is 77.1 Å². The number of aromatic nitrogens is 1. The van der Waals surface area contributed by atoms with Crippen molar-refractivity contribution in [3.8, 4) is 0 Å². The molecule has 1 amide bonds. The molecule has 4 rings (SSSR count). The van der Waals surface area contributed by atoms with Gasteiger partial charge in [0.05, 0.1) is 22.5 Å². The minimum absolute atomic E-state index is 0.0212. The average Bonchev–Trinajstić information content (AvgIpc) is 3.43. The molecule has 0 aliphatic carbocycles. The Morgan fingerprint density at radius 1 is 1.22 bits per heavy atom. The molecule has 2 aliphatic heterocycles. The summed E-state index contributed by atoms with van der Waals surface area (Å²) in [5.74, 6) is -0.861. The van der Waals surface area contributed by atoms with Crippen LogP contribution < -0.4 is 4.90 Å². The lowest BCUT2D eigenvalue weighted by Crippen LogP contribution is -2.59. The molecule has 2 saturated heterocycles. The van der Waals surface area contributed by atoms with E-state index in [-0.39, 0.29) is 18.4 Å². The molecular formula is C22H24Cl2N4O3S. The van der Waals surface area contributed by atoms with Crippen LogP contribution in [0.25, 0.3) is 0 Å². The highest BCUT2D eigenvalue weighted by Crippen LogP contribution is 2.26. The molecule has 32 heavy (non-hydrogen) atoms. The van der Waals surface area contributed by atoms with Crippen molar-refractivity contribution in [3.63, 3.8) is 0 Å². The predicted molar refractivity (Wildman–Crippen MR) is 127 cm³/mol. The molecule has 1 atom stereocenters. The van der Waals surface area contributed by atoms with Gasteiger partial charge in [-0.05, 0) is 29.7 Å². The number of thiazole rings is 1. The van der Waals surface area contributed by atoms with E-state index in [2.05, 4.69) is 14.8 Å². The Morgan fingerprint density at radius 3 is 2.78 bits per heavy atom. The maximum absolute atomic E-state index is 13.3. The monoisotopic (exact) mass is 494 g/mol. The van der Waals surface area contributed by atoms with E-state index in [0.29, 0.717) is 36.2 Å². The Labute approximate surface area is 200 Å². The van der Waals surface area contributed by atoms with E-state index >= 15 is 0 Å². The number of likely N-dealkylation sites (tertiary alicyclic amines) is 1. The zero-order valence-electron chi connectivity index (χ0n) is 17.4. The van der Waals surface area contributed by atoms with Gasteiger partial charge in [0.1, 0.15) is 0 Å². The van der Waals surface area contributed by atoms with E-state index in [9.17, 15) is 9.59 Å². The number of aliphatic carboxylic acids is 1. The van der Waals surface area contributed by atoms with Crippen LogP contribution in [-0.2, 0) is 16.0 Å². The molecule has 2 aromatic rings. The van der Waals surface area contributed by atoms with E-state index < -0.39 is 5.97 Å². The van der Waals surface area contributed by atoms with Crippen LogP contribution in [0.5, 0.6) is 0 Å². The van der Waals surface area contributed by atoms with Gasteiger partial charge < -0.3 is 14.9 Å². The third-order valence-electron chi connectivity index (χ3n) is 5.80. The summed E-state index contributed by atoms with van der Waals surface area (Å²) in [6.45, 7) is 4.12. The molecule has 7 nitrogen and oxygen atoms in total. The first-order valence-electron chi connectivity index (χ1n) is 10.4. The van der Waals surface area contributed by atoms with Gasteiger partial charge in [0.25, 0.3) is 0 Å². The molecule has 0 saturated carbocycles. The minimum Gasteiger partial charge on any atom is -0.478 e. The Balaban J connectivity index is 1.48. The second-order valence-electron chi connectivity index (χ2n) is 8.05. The Kier molecular flexibility index (Phi) is 7.35. The maximum Gasteiger partial charge on any atom is 0.328 e. The van der Waals surface area contributed by atoms with Crippen LogP contribution in [0, 0.1) is 0 Å². The smallest absolute Gasteiger partial charge is 0.328 e. The summed E-state index contributed by atoms with van der Waals surface area (Å²) < 4.78 is 0. The standard InChI is InChI=1S/C22H24Cl2N4O3S/c23-18-2-1-15(9-19(18)24)10-20(29)28-7-6-27(22-25-4-8-32-22)14-17(28)13-26-5-3-16(12-26)11-21(30)31/h1-2,4,8-9,11,17H,3,5-7,10,12-14H2,(H,30,31)/t17-/m1/s1. The van der Waals surface area contributed by atoms with Gasteiger partial charge in [-0.2, -0.15) is 0 Å². The molecule has 0 spiro atoms. The van der Waals surface area contributed by atoms with E-state index in [4.69, 9.17) is 28.3 Å². The third kappa shape index (κ3) is 5.61. The van der Waals surface area contributed by atoms with Gasteiger partial charge in [-0.1, -0.05) is 29.3 Å². The lowest BCUT2D eigenvalue weighted by atomic mass is 10.1. The number of benzene rings is 1. The Bertz CT molecular complexity index is 1010. The van der Waals surface area contributed by atoms with Gasteiger partial charge in [-0.25, -0.2) is 9.78 Å². The number of amides is 1. The van der Waals surface area contributed by atoms with Crippen LogP contribution in [0.1, 0.15) is 12.0 Å². The number of carboxylic acids is 1. The van der Waals surface area contributed by atoms with Crippen LogP contribution in [0.3, 0.4) is 0 Å². The molecule has 1 aromatic carbocycles. The molecule has 3 heterocycles. The summed E-state index contributed by atoms with van der Waals surface area (Å²) in [4.78, 5) is 35.1. The van der Waals surface area contributed by atoms with Crippen LogP contribution in [0.15, 0.2) is 41.4 Å². The number of nitrogens with zero attached hydrogens (tertiary/aromatic N) is 4. The summed E-state index contributed by atoms with van der Waals surface area (Å²) in [6, 6.07) is 5.26. The second-order valence-corrected chi connectivity index (χ2v) is 9.74. The molecule has 1 N–H and O–H groups in total. The fraction of sp³-hybridized carbons (Fsp3) is 0.409. The first-order chi connectivity index (χ1) is 15.4. The highest BCUT2D eigenvalue weighted by molar-refractivity contribution is 7.13. The van der Waals surface area contributed by atoms with Crippen molar-refractivity contribution in [2.24, 2.45) is 0 Å². The quantitative estimate of drug-likeness (QED) is 0.619. The van der Waals surface area contributed by atoms with E-state index in [0.717, 1.165) is 35.8 Å². The van der Waals surface area contributed by atoms with Crippen molar-refractivity contribution in [3.05, 3.63) is 57.0 Å². The molecule has 170 valence electrons. The highest BCUT2D eigenvalue weighted by Gasteiger charge is 2.33. The summed E-state index contributed by atoms with van der Waals surface area (Å²) in [6.07, 6.45) is 4.09. The van der Waals surface area contributed by atoms with Gasteiger partial charge in [0.2, 0.25) is 5.91 Å². The summed E-state index contributed by atoms with van der Waals surface area (Å²) in [7, 11) is 0. The summed E-state index contributed by atoms with van der Waals surface area (Å²) >= 11 is 13.7. The van der Waals surface area contributed by atoms with Crippen molar-refractivity contribution in [1.29, 1.82) is 0 Å². The topological polar surface area (TPSA) is 77.0 Å². The van der Waals surface area contributed by atoms with Crippen molar-refractivity contribution in [1.82, 2.24) is 14.8 Å². The summed E-state index contributed by atoms with van der Waals surface area (Å²) in [5.41, 5.74) is 1.75. The highest BCUT2D eigenvalue weighted by atomic mass is 35.5. The number of anilines is 1. The molecule has 10 heteroatoms. The number of piperazine rings is 1. The van der Waals surface area contributed by atoms with Gasteiger partial charge >= 0.3 is 5.97 Å². The van der Waals surface area contributed by atoms with Gasteiger partial charge in [-0.3, -0.25) is 9.69 Å². The van der Waals surface area contributed by atoms with Gasteiger partial charge in [0.15, 0.2) is 5.13 Å². The van der Waals surface area contributed by atoms with Gasteiger partial charge in [-0.15, -0.1) is 11.3 Å². The Hall–Kier alpha value is -2.13. The molecular weight excluding hydrogens is 471 g/mol. The normalized spacial score (nSPS) is 20.8. The van der Waals surface area contributed by atoms with Crippen molar-refractivity contribution in [2.45, 2.75) is 18.9 Å². The largest absolute Gasteiger partial charge is 0.478 e. The molecule has 1 aromatic heterocycles. The SMILES string of the molecule is O=C(O)C=C1CCN(C[C@@H]2CN(c3nccs3)CCN2C(=O)Cc2ccc(Cl)c(Cl)c2)C1. The van der Waals surface area contributed by atoms with Crippen LogP contribution >= 0.6 is 34.5 Å². The average molecular weight is 495 g/mol. The van der Waals surface area contributed by atoms with E-state index in [1.54, 1.807) is 29.7 Å². The molecule has 2 aliphatic rings. The maximum atomic E-state index is 13.3. The van der Waals surface area contributed by atoms with E-state index in [1.807, 2.05) is 16.3 Å². The van der Waals surface area contributed by atoms with Crippen molar-refractivity contribution < 1.29 is 14.7 Å². The fourth-order valence-corrected chi connectivity index (χ4v) is 5.31. The fourth-order valence-electron chi connectivity index (χ4n) is 4.30. The molecule has 2 fully saturated rings. The predicted octanol–water partition coefficient (Wildman–Crippen LogP) is 3.43. The van der Waals surface area contributed by atoms with Crippen LogP contribution in [0.2, 0.25) is 10.0 Å². The number of carboxylic acid groups (broad SMARTS) is 1. The number of hydrogen-bond donors (Lipinski definition) is 1. The number of hydrogen-bond acceptors (Lipinski definition) is 6. The van der Waals surface area contributed by atoms with Crippen molar-refractivity contribution >= 4 is 51.5 Å². The minimum atomic E-state index is -0.909. The van der Waals surface area contributed by atoms with Gasteiger partial charge in [0, 0.05) is 56.9 Å². The van der Waals surface area contributed by atoms with Crippen LogP contribution in [0.4, 0.5) is 5.13 Å². The molecule has 0 radical (unpaired) electrons. The number of halogens is 2. The Morgan fingerprint density at radius 2 is 2.06 bits per heavy atom. The lowest BCUT2D eigenvalue weighted by Gasteiger charge is -2.43. The summed E-state index contributed by atoms with van der Waals surface area (Å²) in [5, 5.41) is 12.9. The third-order valence-corrected chi connectivity index (χ3v) is 7.38. The zero-order chi connectivity index (χ0) is 22.7. The lowest BCUT2D eigenvalue weighted by molar-refractivity contribution is -0.133. The van der Waals surface area contributed by atoms with Crippen molar-refractivity contribution in [2.75, 3.05) is 44.2 Å². The second kappa shape index (κ2) is 10.2. The zero-order valence-corrected chi connectivity index (χ0v) is 19.7. The molecule has 0 unspecified atom stereocenters. The first-order valence-corrected chi connectivity index (χ1v) is 12.0. The van der Waals surface area contributed by atoms with E-state index in [1.165, 1.54) is 6.08 Å². The first kappa shape index (κ1) is 23.0. The number of rotatable bonds is 6. The number of carbonyl (C=O) groups is 2. The molecule has 0 bridgehead atoms. The number of carbonyl (C=O) groups excluding carboxylic acids is 1.